The molecule has 1 aromatic heterocycles. The molecule has 5 unspecified atom stereocenters. The Balaban J connectivity index is 1.09. The van der Waals surface area contributed by atoms with Crippen molar-refractivity contribution in [1.29, 1.82) is 0 Å². The molecule has 49 heavy (non-hydrogen) atoms. The van der Waals surface area contributed by atoms with E-state index in [4.69, 9.17) is 0 Å². The third kappa shape index (κ3) is 4.59. The quantitative estimate of drug-likeness (QED) is 0.180. The van der Waals surface area contributed by atoms with Crippen LogP contribution in [0.5, 0.6) is 0 Å². The van der Waals surface area contributed by atoms with Gasteiger partial charge in [-0.3, -0.25) is 4.98 Å². The van der Waals surface area contributed by atoms with E-state index < -0.39 is 0 Å². The first kappa shape index (κ1) is 29.6. The zero-order valence-corrected chi connectivity index (χ0v) is 28.4. The van der Waals surface area contributed by atoms with E-state index in [1.54, 1.807) is 0 Å². The van der Waals surface area contributed by atoms with Crippen molar-refractivity contribution < 1.29 is 0 Å². The van der Waals surface area contributed by atoms with Crippen LogP contribution in [0.15, 0.2) is 103 Å². The van der Waals surface area contributed by atoms with Crippen LogP contribution in [-0.2, 0) is 5.54 Å². The minimum absolute atomic E-state index is 0.00757. The summed E-state index contributed by atoms with van der Waals surface area (Å²) in [7, 11) is 0. The summed E-state index contributed by atoms with van der Waals surface area (Å²) < 4.78 is 0. The molecule has 5 aliphatic rings. The van der Waals surface area contributed by atoms with E-state index in [1.807, 2.05) is 12.4 Å². The second-order valence-corrected chi connectivity index (χ2v) is 15.1. The number of hydrogen-bond acceptors (Lipinski definition) is 5. The van der Waals surface area contributed by atoms with Gasteiger partial charge >= 0.3 is 0 Å². The molecule has 5 fully saturated rings. The van der Waals surface area contributed by atoms with Crippen molar-refractivity contribution in [1.82, 2.24) is 20.9 Å². The van der Waals surface area contributed by atoms with Gasteiger partial charge in [-0.2, -0.15) is 0 Å². The molecule has 0 amide bonds. The number of piperazine rings is 1. The number of pyridine rings is 1. The molecule has 4 saturated heterocycles. The maximum Gasteiger partial charge on any atom is 0.0511 e. The molecule has 0 radical (unpaired) electrons. The minimum atomic E-state index is -0.00757. The molecule has 5 atom stereocenters. The van der Waals surface area contributed by atoms with Crippen molar-refractivity contribution in [2.24, 2.45) is 5.92 Å². The van der Waals surface area contributed by atoms with E-state index in [0.717, 1.165) is 52.2 Å². The number of piperidine rings is 1. The third-order valence-electron chi connectivity index (χ3n) is 12.7. The molecule has 11 rings (SSSR count). The van der Waals surface area contributed by atoms with Gasteiger partial charge in [0, 0.05) is 73.4 Å². The fraction of sp³-hybridized carbons (Fsp3) is 0.341. The Morgan fingerprint density at radius 1 is 0.694 bits per heavy atom. The SMILES string of the molecule is Cc1ccc(C2C3CNC2(c2ccc4c(N5CCNCC5)c(C5CNCCC5c5cccc6cnccc56)ccc4c2)C3)c2ccccc12. The first-order chi connectivity index (χ1) is 24.2. The molecular weight excluding hydrogens is 599 g/mol. The van der Waals surface area contributed by atoms with Crippen molar-refractivity contribution in [2.45, 2.75) is 43.1 Å². The zero-order valence-electron chi connectivity index (χ0n) is 28.4. The number of benzene rings is 5. The number of nitrogens with one attached hydrogen (secondary N) is 3. The van der Waals surface area contributed by atoms with Gasteiger partial charge in [-0.15, -0.1) is 0 Å². The highest BCUT2D eigenvalue weighted by Crippen LogP contribution is 2.62. The molecule has 3 N–H and O–H groups in total. The van der Waals surface area contributed by atoms with Crippen molar-refractivity contribution in [3.63, 3.8) is 0 Å². The molecule has 5 heteroatoms. The Labute approximate surface area is 289 Å². The lowest BCUT2D eigenvalue weighted by molar-refractivity contribution is 0.175. The smallest absolute Gasteiger partial charge is 0.0511 e. The van der Waals surface area contributed by atoms with Gasteiger partial charge in [-0.1, -0.05) is 78.9 Å². The van der Waals surface area contributed by atoms with Gasteiger partial charge in [0.15, 0.2) is 0 Å². The summed E-state index contributed by atoms with van der Waals surface area (Å²) >= 11 is 0. The van der Waals surface area contributed by atoms with Crippen molar-refractivity contribution in [3.8, 4) is 0 Å². The van der Waals surface area contributed by atoms with Gasteiger partial charge in [0.2, 0.25) is 0 Å². The number of nitrogens with zero attached hydrogens (tertiary/aromatic N) is 2. The molecule has 2 bridgehead atoms. The van der Waals surface area contributed by atoms with Gasteiger partial charge in [0.1, 0.15) is 0 Å². The molecule has 0 spiro atoms. The summed E-state index contributed by atoms with van der Waals surface area (Å²) in [5, 5.41) is 19.6. The van der Waals surface area contributed by atoms with Crippen molar-refractivity contribution >= 4 is 38.0 Å². The molecule has 1 aliphatic carbocycles. The summed E-state index contributed by atoms with van der Waals surface area (Å²) in [5.74, 6) is 2.01. The maximum atomic E-state index is 4.44. The monoisotopic (exact) mass is 643 g/mol. The summed E-state index contributed by atoms with van der Waals surface area (Å²) in [6.07, 6.45) is 6.32. The van der Waals surface area contributed by atoms with Gasteiger partial charge in [-0.05, 0) is 106 Å². The molecule has 5 nitrogen and oxygen atoms in total. The molecule has 1 saturated carbocycles. The lowest BCUT2D eigenvalue weighted by Crippen LogP contribution is -2.47. The Kier molecular flexibility index (Phi) is 7.04. The average molecular weight is 644 g/mol. The second kappa shape index (κ2) is 11.7. The highest BCUT2D eigenvalue weighted by molar-refractivity contribution is 5.97. The van der Waals surface area contributed by atoms with E-state index in [2.05, 4.69) is 124 Å². The Morgan fingerprint density at radius 2 is 1.57 bits per heavy atom. The van der Waals surface area contributed by atoms with Crippen molar-refractivity contribution in [3.05, 3.63) is 131 Å². The highest BCUT2D eigenvalue weighted by atomic mass is 15.2. The molecular formula is C44H45N5. The molecule has 5 heterocycles. The van der Waals surface area contributed by atoms with Crippen LogP contribution >= 0.6 is 0 Å². The van der Waals surface area contributed by atoms with Gasteiger partial charge in [-0.25, -0.2) is 0 Å². The second-order valence-electron chi connectivity index (χ2n) is 15.1. The first-order valence-corrected chi connectivity index (χ1v) is 18.5. The van der Waals surface area contributed by atoms with Crippen LogP contribution in [0.25, 0.3) is 32.3 Å². The lowest BCUT2D eigenvalue weighted by atomic mass is 9.57. The summed E-state index contributed by atoms with van der Waals surface area (Å²) in [4.78, 5) is 7.12. The zero-order chi connectivity index (χ0) is 32.5. The van der Waals surface area contributed by atoms with Crippen LogP contribution in [0.2, 0.25) is 0 Å². The van der Waals surface area contributed by atoms with Crippen molar-refractivity contribution in [2.75, 3.05) is 50.7 Å². The predicted octanol–water partition coefficient (Wildman–Crippen LogP) is 7.72. The van der Waals surface area contributed by atoms with Gasteiger partial charge in [0.25, 0.3) is 0 Å². The third-order valence-corrected chi connectivity index (χ3v) is 12.7. The Bertz CT molecular complexity index is 2210. The highest BCUT2D eigenvalue weighted by Gasteiger charge is 2.60. The largest absolute Gasteiger partial charge is 0.368 e. The van der Waals surface area contributed by atoms with Crippen LogP contribution in [0, 0.1) is 12.8 Å². The van der Waals surface area contributed by atoms with Crippen LogP contribution in [0.1, 0.15) is 58.4 Å². The van der Waals surface area contributed by atoms with E-state index in [0.29, 0.717) is 23.7 Å². The Hall–Kier alpha value is -4.29. The number of aryl methyl sites for hydroxylation is 1. The number of anilines is 1. The topological polar surface area (TPSA) is 52.2 Å². The molecule has 4 aliphatic heterocycles. The standard InChI is InChI=1S/C44H45N5/c1-28-9-12-39(36-7-3-2-6-33(28)36)42-31-24-44(42,48-26-31)32-11-14-35-29(23-32)10-13-40(43(35)49-21-19-45-20-22-49)41-27-47-18-16-38(41)37-8-4-5-30-25-46-17-15-34(30)37/h2-15,17,23,25,31,38,41-42,45,47-48H,16,18-22,24,26-27H2,1H3. The number of rotatable bonds is 5. The summed E-state index contributed by atoms with van der Waals surface area (Å²) in [6, 6.07) is 35.2. The Morgan fingerprint density at radius 3 is 2.47 bits per heavy atom. The summed E-state index contributed by atoms with van der Waals surface area (Å²) in [6.45, 7) is 9.51. The molecule has 6 aromatic rings. The fourth-order valence-corrected chi connectivity index (χ4v) is 10.4. The minimum Gasteiger partial charge on any atom is -0.368 e. The van der Waals surface area contributed by atoms with E-state index in [-0.39, 0.29) is 5.54 Å². The van der Waals surface area contributed by atoms with Gasteiger partial charge < -0.3 is 20.9 Å². The lowest BCUT2D eigenvalue weighted by Gasteiger charge is -2.48. The van der Waals surface area contributed by atoms with E-state index in [1.165, 1.54) is 72.2 Å². The van der Waals surface area contributed by atoms with E-state index in [9.17, 15) is 0 Å². The van der Waals surface area contributed by atoms with Crippen LogP contribution in [-0.4, -0.2) is 50.8 Å². The van der Waals surface area contributed by atoms with E-state index >= 15 is 0 Å². The number of aromatic nitrogens is 1. The molecule has 246 valence electrons. The normalized spacial score (nSPS) is 26.8. The number of hydrogen-bond donors (Lipinski definition) is 3. The average Bonchev–Trinajstić information content (AvgIpc) is 3.77. The predicted molar refractivity (Wildman–Crippen MR) is 203 cm³/mol. The van der Waals surface area contributed by atoms with Gasteiger partial charge in [0.05, 0.1) is 5.54 Å². The number of fused-ring (bicyclic) bond motifs is 4. The van der Waals surface area contributed by atoms with Crippen LogP contribution in [0.3, 0.4) is 0 Å². The first-order valence-electron chi connectivity index (χ1n) is 18.5. The maximum absolute atomic E-state index is 4.44. The van der Waals surface area contributed by atoms with Crippen LogP contribution in [0.4, 0.5) is 5.69 Å². The molecule has 5 aromatic carbocycles. The fourth-order valence-electron chi connectivity index (χ4n) is 10.4. The summed E-state index contributed by atoms with van der Waals surface area (Å²) in [5.41, 5.74) is 8.73. The van der Waals surface area contributed by atoms with Crippen LogP contribution < -0.4 is 20.9 Å².